The van der Waals surface area contributed by atoms with E-state index in [2.05, 4.69) is 49.3 Å². The van der Waals surface area contributed by atoms with Gasteiger partial charge in [-0.3, -0.25) is 29.4 Å². The van der Waals surface area contributed by atoms with Gasteiger partial charge in [-0.1, -0.05) is 19.1 Å². The maximum absolute atomic E-state index is 12.7. The van der Waals surface area contributed by atoms with E-state index in [1.807, 2.05) is 38.3 Å². The van der Waals surface area contributed by atoms with Crippen LogP contribution in [0.5, 0.6) is 17.2 Å². The molecule has 10 rings (SSSR count). The molecule has 4 aliphatic heterocycles. The molecule has 6 aromatic rings. The minimum atomic E-state index is -0.918. The van der Waals surface area contributed by atoms with Crippen LogP contribution >= 0.6 is 24.8 Å². The minimum Gasteiger partial charge on any atom is -0.489 e. The first kappa shape index (κ1) is 103. The predicted molar refractivity (Wildman–Crippen MR) is 432 cm³/mol. The van der Waals surface area contributed by atoms with E-state index in [9.17, 15) is 38.4 Å². The van der Waals surface area contributed by atoms with Crippen molar-refractivity contribution in [2.24, 2.45) is 11.6 Å². The quantitative estimate of drug-likeness (QED) is 0.0130. The molecule has 4 aromatic carbocycles. The molecule has 11 N–H and O–H groups in total. The summed E-state index contributed by atoms with van der Waals surface area (Å²) in [4.78, 5) is 120. The van der Waals surface area contributed by atoms with Crippen LogP contribution in [-0.2, 0) is 70.0 Å². The fourth-order valence-corrected chi connectivity index (χ4v) is 10.6. The van der Waals surface area contributed by atoms with Crippen molar-refractivity contribution in [3.05, 3.63) is 101 Å². The van der Waals surface area contributed by atoms with E-state index in [0.717, 1.165) is 29.7 Å². The number of ether oxygens (including phenoxy) is 9. The van der Waals surface area contributed by atoms with Crippen LogP contribution in [0, 0.1) is 24.9 Å². The Hall–Kier alpha value is -11.0. The van der Waals surface area contributed by atoms with Gasteiger partial charge in [-0.25, -0.2) is 31.3 Å². The number of nitrogens with one attached hydrogen (secondary N) is 6. The Kier molecular flexibility index (Phi) is 43.0. The number of halogens is 2. The van der Waals surface area contributed by atoms with E-state index in [4.69, 9.17) is 88.8 Å². The van der Waals surface area contributed by atoms with Gasteiger partial charge in [0.1, 0.15) is 78.0 Å². The number of aliphatic hydroxyl groups excluding tert-OH is 1. The lowest BCUT2D eigenvalue weighted by atomic mass is 10.0. The number of benzene rings is 4. The highest BCUT2D eigenvalue weighted by molar-refractivity contribution is 6.03. The molecule has 0 spiro atoms. The van der Waals surface area contributed by atoms with Crippen LogP contribution in [0.15, 0.2) is 81.6 Å². The maximum Gasteiger partial charge on any atom is 0.408 e. The Morgan fingerprint density at radius 2 is 0.888 bits per heavy atom. The molecule has 0 saturated heterocycles. The van der Waals surface area contributed by atoms with Gasteiger partial charge in [0.2, 0.25) is 35.4 Å². The van der Waals surface area contributed by atoms with Gasteiger partial charge in [-0.05, 0) is 181 Å². The van der Waals surface area contributed by atoms with Crippen molar-refractivity contribution in [2.75, 3.05) is 94.0 Å². The monoisotopic (exact) mass is 1670 g/mol. The summed E-state index contributed by atoms with van der Waals surface area (Å²) in [7, 11) is 6.60. The number of fused-ring (bicyclic) bond motifs is 4. The average molecular weight is 1670 g/mol. The van der Waals surface area contributed by atoms with Gasteiger partial charge in [0, 0.05) is 99.2 Å². The van der Waals surface area contributed by atoms with E-state index >= 15 is 0 Å². The Morgan fingerprint density at radius 1 is 0.543 bits per heavy atom. The summed E-state index contributed by atoms with van der Waals surface area (Å²) in [5, 5.41) is 30.9. The van der Waals surface area contributed by atoms with Crippen molar-refractivity contribution in [2.45, 2.75) is 184 Å². The van der Waals surface area contributed by atoms with Gasteiger partial charge in [0.25, 0.3) is 23.7 Å². The summed E-state index contributed by atoms with van der Waals surface area (Å²) in [5.74, 6) is 5.95. The van der Waals surface area contributed by atoms with E-state index in [1.54, 1.807) is 166 Å². The van der Waals surface area contributed by atoms with Crippen molar-refractivity contribution in [3.8, 4) is 40.2 Å². The highest BCUT2D eigenvalue weighted by atomic mass is 35.5. The lowest BCUT2D eigenvalue weighted by Gasteiger charge is -2.27. The molecular weight excluding hydrogens is 1560 g/mol. The maximum atomic E-state index is 12.7. The van der Waals surface area contributed by atoms with Crippen LogP contribution in [0.3, 0.4) is 0 Å². The standard InChI is InChI=1S/C18H22N4O5.C18H26N2O3.C16H22N4O5.C13H14N4O3.C8H18O3.C2H6O.CO2.2ClH.H2N2.H2/c1-10-20-21-15(26-10)11-6-7-13-14(8-11)25-9-12(16(23)22(13)5)19-17(24)27-18(2,3)4;1-6-12-7-10-15-13(11-12)8-9-14(16(21)20(15)5)19-17(22)23-18(2,3)4;1-16(2,3)25-15(23)18-10-8-24-12-7-9(13(21)19-17)5-6-11(12)20(4)14(10)22;1-7-15-16-12(20-7)8-3-4-10-11(5-8)19-6-9(14)13(18)17(10)2;1-5-9-8(4,10-6-2)11-7-3;1-2-3;2-1-3;;;1-2;/h6-8,12H,9H2,1-5H3,(H,19,24);7,10-11,14H,6,8-9H2,1-5H3,(H,19,22);5-7,10H,8,17H2,1-4H3,(H,18,23)(H,19,21);3-5,9H,6,14H2,1-2H3;5-7H2,1-4H3;3H,2H2,1H3;;2*1H;1-2H;1H/t12-;14-;10-;9-;;;;;;;/m0000......./s1. The number of alkyl carbamates (subject to hydrolysis) is 3. The van der Waals surface area contributed by atoms with Crippen molar-refractivity contribution < 1.29 is 106 Å². The van der Waals surface area contributed by atoms with Crippen LogP contribution in [0.2, 0.25) is 0 Å². The van der Waals surface area contributed by atoms with Crippen LogP contribution in [0.4, 0.5) is 37.1 Å². The number of hydrazine groups is 1. The number of hydrogen-bond acceptors (Lipinski definition) is 30. The molecule has 0 radical (unpaired) electrons. The summed E-state index contributed by atoms with van der Waals surface area (Å²) in [6.07, 6.45) is 0.597. The number of carbonyl (C=O) groups is 8. The number of aliphatic hydroxyl groups is 1. The number of aromatic nitrogens is 4. The number of rotatable bonds is 13. The normalized spacial score (nSPS) is 15.8. The zero-order chi connectivity index (χ0) is 86.2. The van der Waals surface area contributed by atoms with Crippen molar-refractivity contribution >= 4 is 102 Å². The third-order valence-corrected chi connectivity index (χ3v) is 15.6. The summed E-state index contributed by atoms with van der Waals surface area (Å²) >= 11 is 0. The molecule has 8 amide bonds. The zero-order valence-corrected chi connectivity index (χ0v) is 71.0. The molecular formula is C76H114Cl2N16O22. The third-order valence-electron chi connectivity index (χ3n) is 15.6. The van der Waals surface area contributed by atoms with Crippen LogP contribution in [0.1, 0.15) is 145 Å². The highest BCUT2D eigenvalue weighted by Crippen LogP contribution is 2.37. The third kappa shape index (κ3) is 32.4. The average Bonchev–Trinajstić information content (AvgIpc) is 1.71. The van der Waals surface area contributed by atoms with E-state index in [1.165, 1.54) is 32.4 Å². The molecule has 38 nitrogen and oxygen atoms in total. The molecule has 0 bridgehead atoms. The number of carbonyl (C=O) groups excluding carboxylic acids is 10. The first-order valence-corrected chi connectivity index (χ1v) is 36.2. The molecule has 0 aliphatic carbocycles. The zero-order valence-electron chi connectivity index (χ0n) is 69.4. The van der Waals surface area contributed by atoms with Crippen molar-refractivity contribution in [1.82, 2.24) is 41.8 Å². The molecule has 0 unspecified atom stereocenters. The second-order valence-electron chi connectivity index (χ2n) is 27.9. The number of nitrogens with zero attached hydrogens (tertiary/aromatic N) is 8. The van der Waals surface area contributed by atoms with Gasteiger partial charge < -0.3 is 97.9 Å². The fourth-order valence-electron chi connectivity index (χ4n) is 10.6. The number of anilines is 4. The van der Waals surface area contributed by atoms with Crippen LogP contribution < -0.4 is 66.8 Å². The first-order chi connectivity index (χ1) is 53.5. The van der Waals surface area contributed by atoms with E-state index in [0.29, 0.717) is 95.2 Å². The summed E-state index contributed by atoms with van der Waals surface area (Å²) in [6.45, 7) is 32.6. The molecule has 116 heavy (non-hydrogen) atoms. The SMILES string of the molecule is CCO.CCOC(C)(OCC)OCC.CCc1ccc2c(c1)CC[C@H](NC(=O)OC(C)(C)C)C(=O)N2C.CN1C(=O)[C@@H](NC(=O)OC(C)(C)C)COc2cc(C(=O)NN)ccc21.Cc1nnc(-c2ccc3c(c2)OC[C@H](N)C(=O)N3C)o1.Cc1nnc(-c2ccc3c(c2)OC[C@H](NC(=O)OC(C)(C)C)C(=O)N3C)o1.Cl.Cl.N=N.O=C=O.[HH]. The summed E-state index contributed by atoms with van der Waals surface area (Å²) in [6, 6.07) is 18.3. The number of aryl methyl sites for hydroxylation is 4. The summed E-state index contributed by atoms with van der Waals surface area (Å²) < 4.78 is 59.2. The summed E-state index contributed by atoms with van der Waals surface area (Å²) in [5.41, 5.74) is 22.6. The number of nitrogen functional groups attached to an aromatic ring is 1. The second-order valence-corrected chi connectivity index (χ2v) is 27.9. The fraction of sp³-hybridized carbons (Fsp3) is 0.513. The van der Waals surface area contributed by atoms with Crippen molar-refractivity contribution in [3.63, 3.8) is 0 Å². The molecule has 644 valence electrons. The Balaban J connectivity index is 0.00000142. The van der Waals surface area contributed by atoms with Crippen LogP contribution in [0.25, 0.3) is 22.9 Å². The number of amides is 8. The van der Waals surface area contributed by atoms with Gasteiger partial charge in [0.15, 0.2) is 0 Å². The van der Waals surface area contributed by atoms with E-state index in [-0.39, 0.29) is 82.4 Å². The molecule has 0 fully saturated rings. The number of likely N-dealkylation sites (N-methyl/N-ethyl adjacent to an activating group) is 4. The molecule has 2 aromatic heterocycles. The topological polar surface area (TPSA) is 513 Å². The Morgan fingerprint density at radius 3 is 1.25 bits per heavy atom. The largest absolute Gasteiger partial charge is 0.489 e. The molecule has 0 saturated carbocycles. The van der Waals surface area contributed by atoms with Gasteiger partial charge in [-0.2, -0.15) is 9.59 Å². The molecule has 40 heteroatoms. The van der Waals surface area contributed by atoms with Crippen molar-refractivity contribution in [1.29, 1.82) is 11.1 Å². The number of nitrogens with two attached hydrogens (primary N) is 2. The van der Waals surface area contributed by atoms with Gasteiger partial charge in [0.05, 0.1) is 17.1 Å². The number of hydrogen-bond donors (Lipinski definition) is 9. The van der Waals surface area contributed by atoms with Gasteiger partial charge in [-0.15, -0.1) is 45.2 Å². The first-order valence-electron chi connectivity index (χ1n) is 36.2. The lowest BCUT2D eigenvalue weighted by molar-refractivity contribution is -0.365. The Bertz CT molecular complexity index is 4210. The van der Waals surface area contributed by atoms with Gasteiger partial charge >= 0.3 is 24.4 Å². The van der Waals surface area contributed by atoms with E-state index < -0.39 is 71.1 Å². The predicted octanol–water partition coefficient (Wildman–Crippen LogP) is 9.48. The smallest absolute Gasteiger partial charge is 0.408 e. The van der Waals surface area contributed by atoms with Crippen LogP contribution in [-0.4, -0.2) is 201 Å². The highest BCUT2D eigenvalue weighted by Gasteiger charge is 2.36. The minimum absolute atomic E-state index is 0. The lowest BCUT2D eigenvalue weighted by Crippen LogP contribution is -2.50. The molecule has 4 aliphatic rings. The second kappa shape index (κ2) is 48.4. The molecule has 6 heterocycles. The Labute approximate surface area is 688 Å². The molecule has 4 atom stereocenters.